The molecule has 1 heterocycles. The summed E-state index contributed by atoms with van der Waals surface area (Å²) in [6.45, 7) is 6.19. The molecule has 0 aliphatic carbocycles. The van der Waals surface area contributed by atoms with Gasteiger partial charge in [-0.25, -0.2) is 13.1 Å². The molecule has 6 heteroatoms. The van der Waals surface area contributed by atoms with Gasteiger partial charge >= 0.3 is 0 Å². The van der Waals surface area contributed by atoms with Crippen LogP contribution in [0.3, 0.4) is 0 Å². The zero-order valence-electron chi connectivity index (χ0n) is 12.4. The van der Waals surface area contributed by atoms with Crippen LogP contribution >= 0.6 is 11.3 Å². The number of hydrogen-bond acceptors (Lipinski definition) is 4. The van der Waals surface area contributed by atoms with Crippen LogP contribution in [0.5, 0.6) is 0 Å². The summed E-state index contributed by atoms with van der Waals surface area (Å²) in [4.78, 5) is 2.47. The van der Waals surface area contributed by atoms with E-state index in [1.54, 1.807) is 29.5 Å². The SMILES string of the molecule is Cc1cc(CNS(=O)(=O)c2cccc(C(C)N)c2)sc1C. The highest BCUT2D eigenvalue weighted by atomic mass is 32.2. The quantitative estimate of drug-likeness (QED) is 0.888. The molecule has 3 N–H and O–H groups in total. The molecule has 0 amide bonds. The van der Waals surface area contributed by atoms with Gasteiger partial charge in [0.1, 0.15) is 0 Å². The van der Waals surface area contributed by atoms with Crippen molar-refractivity contribution in [1.29, 1.82) is 0 Å². The lowest BCUT2D eigenvalue weighted by Crippen LogP contribution is -2.23. The molecular formula is C15H20N2O2S2. The van der Waals surface area contributed by atoms with Crippen LogP contribution in [0.25, 0.3) is 0 Å². The number of rotatable bonds is 5. The van der Waals surface area contributed by atoms with Gasteiger partial charge in [-0.15, -0.1) is 11.3 Å². The Morgan fingerprint density at radius 3 is 2.57 bits per heavy atom. The smallest absolute Gasteiger partial charge is 0.240 e. The third-order valence-corrected chi connectivity index (χ3v) is 5.90. The van der Waals surface area contributed by atoms with Crippen LogP contribution in [0.2, 0.25) is 0 Å². The largest absolute Gasteiger partial charge is 0.324 e. The molecule has 0 bridgehead atoms. The first-order chi connectivity index (χ1) is 9.79. The third-order valence-electron chi connectivity index (χ3n) is 3.35. The van der Waals surface area contributed by atoms with Crippen LogP contribution < -0.4 is 10.5 Å². The minimum Gasteiger partial charge on any atom is -0.324 e. The van der Waals surface area contributed by atoms with Gasteiger partial charge in [0.15, 0.2) is 0 Å². The predicted molar refractivity (Wildman–Crippen MR) is 86.9 cm³/mol. The molecule has 0 aliphatic heterocycles. The normalized spacial score (nSPS) is 13.3. The molecule has 0 spiro atoms. The highest BCUT2D eigenvalue weighted by Gasteiger charge is 2.15. The van der Waals surface area contributed by atoms with Gasteiger partial charge in [-0.1, -0.05) is 12.1 Å². The number of sulfonamides is 1. The Hall–Kier alpha value is -1.21. The zero-order valence-corrected chi connectivity index (χ0v) is 14.0. The topological polar surface area (TPSA) is 72.2 Å². The Bertz CT molecular complexity index is 714. The number of thiophene rings is 1. The summed E-state index contributed by atoms with van der Waals surface area (Å²) in [7, 11) is -3.52. The molecule has 2 rings (SSSR count). The second kappa shape index (κ2) is 6.27. The molecule has 1 aromatic carbocycles. The Morgan fingerprint density at radius 1 is 1.29 bits per heavy atom. The van der Waals surface area contributed by atoms with E-state index in [9.17, 15) is 8.42 Å². The maximum atomic E-state index is 12.3. The van der Waals surface area contributed by atoms with E-state index in [1.165, 1.54) is 10.4 Å². The molecule has 0 fully saturated rings. The van der Waals surface area contributed by atoms with Crippen LogP contribution in [0, 0.1) is 13.8 Å². The highest BCUT2D eigenvalue weighted by Crippen LogP contribution is 2.21. The summed E-state index contributed by atoms with van der Waals surface area (Å²) in [5, 5.41) is 0. The van der Waals surface area contributed by atoms with E-state index < -0.39 is 10.0 Å². The number of nitrogens with two attached hydrogens (primary N) is 1. The third kappa shape index (κ3) is 3.91. The van der Waals surface area contributed by atoms with Gasteiger partial charge in [-0.3, -0.25) is 0 Å². The van der Waals surface area contributed by atoms with Crippen LogP contribution in [0.4, 0.5) is 0 Å². The van der Waals surface area contributed by atoms with E-state index in [0.29, 0.717) is 6.54 Å². The predicted octanol–water partition coefficient (Wildman–Crippen LogP) is 2.86. The monoisotopic (exact) mass is 324 g/mol. The van der Waals surface area contributed by atoms with E-state index in [-0.39, 0.29) is 10.9 Å². The lowest BCUT2D eigenvalue weighted by molar-refractivity contribution is 0.581. The molecule has 114 valence electrons. The first-order valence-electron chi connectivity index (χ1n) is 6.71. The maximum absolute atomic E-state index is 12.3. The average Bonchev–Trinajstić information content (AvgIpc) is 2.76. The summed E-state index contributed by atoms with van der Waals surface area (Å²) in [5.74, 6) is 0. The van der Waals surface area contributed by atoms with Crippen LogP contribution in [0.1, 0.15) is 33.8 Å². The summed E-state index contributed by atoms with van der Waals surface area (Å²) < 4.78 is 27.3. The lowest BCUT2D eigenvalue weighted by Gasteiger charge is -2.09. The molecule has 0 saturated carbocycles. The van der Waals surface area contributed by atoms with E-state index in [2.05, 4.69) is 4.72 Å². The van der Waals surface area contributed by atoms with Crippen molar-refractivity contribution < 1.29 is 8.42 Å². The molecule has 0 aliphatic rings. The van der Waals surface area contributed by atoms with E-state index in [0.717, 1.165) is 10.4 Å². The minimum absolute atomic E-state index is 0.192. The Balaban J connectivity index is 2.16. The number of nitrogens with one attached hydrogen (secondary N) is 1. The summed E-state index contributed by atoms with van der Waals surface area (Å²) in [6, 6.07) is 8.57. The Morgan fingerprint density at radius 2 is 2.00 bits per heavy atom. The second-order valence-electron chi connectivity index (χ2n) is 5.14. The molecule has 1 aromatic heterocycles. The van der Waals surface area contributed by atoms with E-state index >= 15 is 0 Å². The van der Waals surface area contributed by atoms with Crippen LogP contribution in [-0.4, -0.2) is 8.42 Å². The van der Waals surface area contributed by atoms with Gasteiger partial charge in [0.25, 0.3) is 0 Å². The Labute approximate surface area is 130 Å². The van der Waals surface area contributed by atoms with Gasteiger partial charge in [0.05, 0.1) is 4.90 Å². The average molecular weight is 324 g/mol. The van der Waals surface area contributed by atoms with Crippen molar-refractivity contribution in [2.75, 3.05) is 0 Å². The maximum Gasteiger partial charge on any atom is 0.240 e. The van der Waals surface area contributed by atoms with Crippen molar-refractivity contribution in [3.63, 3.8) is 0 Å². The molecular weight excluding hydrogens is 304 g/mol. The Kier molecular flexibility index (Phi) is 4.83. The molecule has 1 unspecified atom stereocenters. The first-order valence-corrected chi connectivity index (χ1v) is 9.00. The van der Waals surface area contributed by atoms with Crippen molar-refractivity contribution in [3.05, 3.63) is 51.2 Å². The van der Waals surface area contributed by atoms with Crippen molar-refractivity contribution in [2.45, 2.75) is 38.3 Å². The fraction of sp³-hybridized carbons (Fsp3) is 0.333. The number of aryl methyl sites for hydroxylation is 2. The van der Waals surface area contributed by atoms with Gasteiger partial charge in [0, 0.05) is 22.3 Å². The molecule has 1 atom stereocenters. The molecule has 2 aromatic rings. The van der Waals surface area contributed by atoms with Gasteiger partial charge < -0.3 is 5.73 Å². The first kappa shape index (κ1) is 16.2. The van der Waals surface area contributed by atoms with Crippen LogP contribution in [0.15, 0.2) is 35.2 Å². The molecule has 0 radical (unpaired) electrons. The minimum atomic E-state index is -3.52. The van der Waals surface area contributed by atoms with E-state index in [4.69, 9.17) is 5.73 Å². The second-order valence-corrected chi connectivity index (χ2v) is 8.25. The van der Waals surface area contributed by atoms with Gasteiger partial charge in [-0.05, 0) is 50.1 Å². The fourth-order valence-corrected chi connectivity index (χ4v) is 4.10. The lowest BCUT2D eigenvalue weighted by atomic mass is 10.1. The van der Waals surface area contributed by atoms with Crippen molar-refractivity contribution in [1.82, 2.24) is 4.72 Å². The van der Waals surface area contributed by atoms with Crippen molar-refractivity contribution >= 4 is 21.4 Å². The molecule has 4 nitrogen and oxygen atoms in total. The highest BCUT2D eigenvalue weighted by molar-refractivity contribution is 7.89. The standard InChI is InChI=1S/C15H20N2O2S2/c1-10-7-14(20-12(10)3)9-17-21(18,19)15-6-4-5-13(8-15)11(2)16/h4-8,11,17H,9,16H2,1-3H3. The molecule has 0 saturated heterocycles. The van der Waals surface area contributed by atoms with Crippen LogP contribution in [-0.2, 0) is 16.6 Å². The zero-order chi connectivity index (χ0) is 15.6. The van der Waals surface area contributed by atoms with Gasteiger partial charge in [0.2, 0.25) is 10.0 Å². The number of hydrogen-bond donors (Lipinski definition) is 2. The summed E-state index contributed by atoms with van der Waals surface area (Å²) >= 11 is 1.61. The summed E-state index contributed by atoms with van der Waals surface area (Å²) in [5.41, 5.74) is 7.79. The van der Waals surface area contributed by atoms with Gasteiger partial charge in [-0.2, -0.15) is 0 Å². The van der Waals surface area contributed by atoms with E-state index in [1.807, 2.05) is 32.9 Å². The molecule has 21 heavy (non-hydrogen) atoms. The fourth-order valence-electron chi connectivity index (χ4n) is 1.95. The van der Waals surface area contributed by atoms with Crippen molar-refractivity contribution in [2.24, 2.45) is 5.73 Å². The number of benzene rings is 1. The van der Waals surface area contributed by atoms with Crippen molar-refractivity contribution in [3.8, 4) is 0 Å². The summed E-state index contributed by atoms with van der Waals surface area (Å²) in [6.07, 6.45) is 0.